The second kappa shape index (κ2) is 11.9. The maximum Gasteiger partial charge on any atom is 0.191 e. The molecule has 1 saturated heterocycles. The largest absolute Gasteiger partial charge is 0.469 e. The molecule has 0 aromatic carbocycles. The van der Waals surface area contributed by atoms with Crippen LogP contribution in [0.3, 0.4) is 0 Å². The Kier molecular flexibility index (Phi) is 9.26. The van der Waals surface area contributed by atoms with Crippen molar-refractivity contribution < 1.29 is 9.15 Å². The minimum atomic E-state index is 0. The van der Waals surface area contributed by atoms with Crippen LogP contribution in [0.1, 0.15) is 40.6 Å². The molecule has 6 nitrogen and oxygen atoms in total. The summed E-state index contributed by atoms with van der Waals surface area (Å²) in [6.07, 6.45) is 9.59. The van der Waals surface area contributed by atoms with Gasteiger partial charge in [-0.25, -0.2) is 4.98 Å². The molecule has 0 amide bonds. The summed E-state index contributed by atoms with van der Waals surface area (Å²) in [6, 6.07) is 3.93. The van der Waals surface area contributed by atoms with Gasteiger partial charge in [-0.3, -0.25) is 4.99 Å². The number of hydrogen-bond acceptors (Lipinski definition) is 5. The van der Waals surface area contributed by atoms with Crippen molar-refractivity contribution in [2.45, 2.75) is 44.9 Å². The predicted octanol–water partition coefficient (Wildman–Crippen LogP) is 3.59. The van der Waals surface area contributed by atoms with Crippen LogP contribution in [0.25, 0.3) is 0 Å². The van der Waals surface area contributed by atoms with Gasteiger partial charge < -0.3 is 19.8 Å². The van der Waals surface area contributed by atoms with E-state index in [1.807, 2.05) is 23.5 Å². The molecule has 29 heavy (non-hydrogen) atoms. The molecule has 1 fully saturated rings. The number of ether oxygens (including phenoxy) is 1. The van der Waals surface area contributed by atoms with Crippen molar-refractivity contribution in [2.24, 2.45) is 10.9 Å². The Morgan fingerprint density at radius 1 is 1.21 bits per heavy atom. The average molecular weight is 530 g/mol. The maximum atomic E-state index is 5.47. The highest BCUT2D eigenvalue weighted by Crippen LogP contribution is 2.26. The van der Waals surface area contributed by atoms with Crippen LogP contribution in [-0.4, -0.2) is 43.8 Å². The van der Waals surface area contributed by atoms with E-state index in [0.717, 1.165) is 70.3 Å². The first kappa shape index (κ1) is 22.6. The molecule has 4 rings (SSSR count). The van der Waals surface area contributed by atoms with Gasteiger partial charge in [0.25, 0.3) is 0 Å². The Balaban J connectivity index is 0.00000240. The number of halogens is 1. The topological polar surface area (TPSA) is 71.7 Å². The lowest BCUT2D eigenvalue weighted by atomic mass is 10.0. The SMILES string of the molecule is I.c1coc(CCNC(=NCC2CCOC2)NCCc2nc3c(s2)CCCC3)c1. The van der Waals surface area contributed by atoms with Gasteiger partial charge in [0.15, 0.2) is 5.96 Å². The smallest absolute Gasteiger partial charge is 0.191 e. The van der Waals surface area contributed by atoms with Gasteiger partial charge in [0.1, 0.15) is 5.76 Å². The first-order valence-electron chi connectivity index (χ1n) is 10.5. The highest BCUT2D eigenvalue weighted by molar-refractivity contribution is 14.0. The van der Waals surface area contributed by atoms with Crippen molar-refractivity contribution in [2.75, 3.05) is 32.8 Å². The Labute approximate surface area is 193 Å². The van der Waals surface area contributed by atoms with Gasteiger partial charge >= 0.3 is 0 Å². The summed E-state index contributed by atoms with van der Waals surface area (Å²) < 4.78 is 10.9. The fraction of sp³-hybridized carbons (Fsp3) is 0.619. The summed E-state index contributed by atoms with van der Waals surface area (Å²) in [5.74, 6) is 2.40. The summed E-state index contributed by atoms with van der Waals surface area (Å²) in [7, 11) is 0. The van der Waals surface area contributed by atoms with Crippen molar-refractivity contribution >= 4 is 41.3 Å². The van der Waals surface area contributed by atoms with E-state index in [-0.39, 0.29) is 24.0 Å². The van der Waals surface area contributed by atoms with Crippen LogP contribution in [0.4, 0.5) is 0 Å². The summed E-state index contributed by atoms with van der Waals surface area (Å²) in [5, 5.41) is 8.17. The van der Waals surface area contributed by atoms with Gasteiger partial charge in [-0.05, 0) is 44.2 Å². The van der Waals surface area contributed by atoms with Gasteiger partial charge in [0.05, 0.1) is 23.6 Å². The predicted molar refractivity (Wildman–Crippen MR) is 128 cm³/mol. The fourth-order valence-corrected chi connectivity index (χ4v) is 4.84. The summed E-state index contributed by atoms with van der Waals surface area (Å²) >= 11 is 1.90. The van der Waals surface area contributed by atoms with Crippen molar-refractivity contribution in [3.8, 4) is 0 Å². The molecule has 2 aromatic heterocycles. The molecule has 0 radical (unpaired) electrons. The zero-order valence-electron chi connectivity index (χ0n) is 16.8. The van der Waals surface area contributed by atoms with E-state index in [4.69, 9.17) is 19.1 Å². The zero-order valence-corrected chi connectivity index (χ0v) is 20.0. The number of guanidine groups is 1. The molecule has 1 aliphatic heterocycles. The van der Waals surface area contributed by atoms with E-state index in [2.05, 4.69) is 10.6 Å². The lowest BCUT2D eigenvalue weighted by molar-refractivity contribution is 0.187. The zero-order chi connectivity index (χ0) is 19.0. The molecule has 2 N–H and O–H groups in total. The van der Waals surface area contributed by atoms with Crippen LogP contribution in [0.15, 0.2) is 27.8 Å². The molecule has 1 atom stereocenters. The lowest BCUT2D eigenvalue weighted by Crippen LogP contribution is -2.39. The second-order valence-electron chi connectivity index (χ2n) is 7.54. The first-order valence-corrected chi connectivity index (χ1v) is 11.3. The summed E-state index contributed by atoms with van der Waals surface area (Å²) in [4.78, 5) is 11.1. The van der Waals surface area contributed by atoms with E-state index < -0.39 is 0 Å². The third-order valence-corrected chi connectivity index (χ3v) is 6.51. The number of aliphatic imine (C=N–C) groups is 1. The van der Waals surface area contributed by atoms with Crippen LogP contribution >= 0.6 is 35.3 Å². The minimum absolute atomic E-state index is 0. The standard InChI is InChI=1S/C21H30N4O2S.HI/c1-2-6-19-18(5-1)25-20(28-19)8-11-23-21(24-14-16-9-13-26-15-16)22-10-7-17-4-3-12-27-17;/h3-4,12,16H,1-2,5-11,13-15H2,(H2,22,23,24);1H. The summed E-state index contributed by atoms with van der Waals surface area (Å²) in [5.41, 5.74) is 1.35. The molecular formula is C21H31IN4O2S. The monoisotopic (exact) mass is 530 g/mol. The van der Waals surface area contributed by atoms with Gasteiger partial charge in [-0.15, -0.1) is 35.3 Å². The number of nitrogens with one attached hydrogen (secondary N) is 2. The number of fused-ring (bicyclic) bond motifs is 1. The van der Waals surface area contributed by atoms with E-state index in [0.29, 0.717) is 5.92 Å². The second-order valence-corrected chi connectivity index (χ2v) is 8.70. The summed E-state index contributed by atoms with van der Waals surface area (Å²) in [6.45, 7) is 4.14. The maximum absolute atomic E-state index is 5.47. The molecule has 1 aliphatic carbocycles. The number of aromatic nitrogens is 1. The Morgan fingerprint density at radius 3 is 2.83 bits per heavy atom. The quantitative estimate of drug-likeness (QED) is 0.310. The van der Waals surface area contributed by atoms with Crippen molar-refractivity contribution in [1.82, 2.24) is 15.6 Å². The highest BCUT2D eigenvalue weighted by Gasteiger charge is 2.16. The van der Waals surface area contributed by atoms with E-state index in [9.17, 15) is 0 Å². The lowest BCUT2D eigenvalue weighted by Gasteiger charge is -2.13. The van der Waals surface area contributed by atoms with Gasteiger partial charge in [0, 0.05) is 49.9 Å². The number of rotatable bonds is 8. The highest BCUT2D eigenvalue weighted by atomic mass is 127. The third kappa shape index (κ3) is 6.96. The fourth-order valence-electron chi connectivity index (χ4n) is 3.68. The molecule has 160 valence electrons. The average Bonchev–Trinajstić information content (AvgIpc) is 3.46. The normalized spacial score (nSPS) is 18.9. The number of hydrogen-bond donors (Lipinski definition) is 2. The molecule has 1 unspecified atom stereocenters. The minimum Gasteiger partial charge on any atom is -0.469 e. The molecule has 8 heteroatoms. The van der Waals surface area contributed by atoms with Crippen molar-refractivity contribution in [3.63, 3.8) is 0 Å². The number of aryl methyl sites for hydroxylation is 2. The molecule has 2 aliphatic rings. The van der Waals surface area contributed by atoms with E-state index >= 15 is 0 Å². The Hall–Kier alpha value is -1.13. The molecule has 3 heterocycles. The van der Waals surface area contributed by atoms with Crippen LogP contribution in [0, 0.1) is 5.92 Å². The number of furan rings is 1. The van der Waals surface area contributed by atoms with Crippen LogP contribution < -0.4 is 10.6 Å². The Morgan fingerprint density at radius 2 is 2.07 bits per heavy atom. The van der Waals surface area contributed by atoms with E-state index in [1.165, 1.54) is 34.8 Å². The van der Waals surface area contributed by atoms with E-state index in [1.54, 1.807) is 6.26 Å². The molecule has 0 saturated carbocycles. The van der Waals surface area contributed by atoms with Crippen molar-refractivity contribution in [1.29, 1.82) is 0 Å². The van der Waals surface area contributed by atoms with Gasteiger partial charge in [0.2, 0.25) is 0 Å². The van der Waals surface area contributed by atoms with Crippen molar-refractivity contribution in [3.05, 3.63) is 39.7 Å². The van der Waals surface area contributed by atoms with Crippen LogP contribution in [0.2, 0.25) is 0 Å². The van der Waals surface area contributed by atoms with Gasteiger partial charge in [-0.2, -0.15) is 0 Å². The third-order valence-electron chi connectivity index (χ3n) is 5.30. The number of nitrogens with zero attached hydrogens (tertiary/aromatic N) is 2. The number of thiazole rings is 1. The van der Waals surface area contributed by atoms with Crippen LogP contribution in [0.5, 0.6) is 0 Å². The van der Waals surface area contributed by atoms with Gasteiger partial charge in [-0.1, -0.05) is 0 Å². The van der Waals surface area contributed by atoms with Crippen LogP contribution in [-0.2, 0) is 30.4 Å². The molecular weight excluding hydrogens is 499 g/mol. The molecule has 0 spiro atoms. The first-order chi connectivity index (χ1) is 13.9. The molecule has 2 aromatic rings. The molecule has 0 bridgehead atoms. The Bertz CT molecular complexity index is 733.